The van der Waals surface area contributed by atoms with Crippen LogP contribution in [0.25, 0.3) is 0 Å². The van der Waals surface area contributed by atoms with Crippen LogP contribution in [-0.2, 0) is 4.43 Å². The van der Waals surface area contributed by atoms with Crippen molar-refractivity contribution in [3.63, 3.8) is 0 Å². The van der Waals surface area contributed by atoms with Gasteiger partial charge in [-0.1, -0.05) is 12.2 Å². The van der Waals surface area contributed by atoms with Gasteiger partial charge in [-0.3, -0.25) is 0 Å². The van der Waals surface area contributed by atoms with Gasteiger partial charge < -0.3 is 10.2 Å². The monoisotopic (exact) mass is 171 g/mol. The third-order valence-corrected chi connectivity index (χ3v) is 2.78. The third-order valence-electron chi connectivity index (χ3n) is 1.37. The van der Waals surface area contributed by atoms with E-state index in [9.17, 15) is 0 Å². The zero-order chi connectivity index (χ0) is 8.53. The fourth-order valence-corrected chi connectivity index (χ4v) is 1.90. The molecule has 0 unspecified atom stereocenters. The molecule has 0 aliphatic carbocycles. The molecular formula is C8H17NOSi. The van der Waals surface area contributed by atoms with Crippen LogP contribution in [0.5, 0.6) is 0 Å². The van der Waals surface area contributed by atoms with E-state index in [1.807, 2.05) is 0 Å². The molecule has 2 nitrogen and oxygen atoms in total. The molecule has 11 heavy (non-hydrogen) atoms. The van der Waals surface area contributed by atoms with Gasteiger partial charge in [0.15, 0.2) is 9.76 Å². The molecule has 0 bridgehead atoms. The molecule has 0 aromatic carbocycles. The maximum Gasteiger partial charge on any atom is 0.162 e. The Morgan fingerprint density at radius 1 is 1.45 bits per heavy atom. The minimum Gasteiger partial charge on any atom is -0.414 e. The number of nitrogens with two attached hydrogens (primary N) is 1. The lowest BCUT2D eigenvalue weighted by Gasteiger charge is -2.07. The summed E-state index contributed by atoms with van der Waals surface area (Å²) in [4.78, 5) is 0. The van der Waals surface area contributed by atoms with Crippen LogP contribution in [0.1, 0.15) is 6.42 Å². The van der Waals surface area contributed by atoms with Crippen molar-refractivity contribution in [1.82, 2.24) is 0 Å². The van der Waals surface area contributed by atoms with Crippen molar-refractivity contribution in [2.24, 2.45) is 5.73 Å². The van der Waals surface area contributed by atoms with E-state index in [0.717, 1.165) is 19.0 Å². The van der Waals surface area contributed by atoms with E-state index in [2.05, 4.69) is 13.2 Å². The lowest BCUT2D eigenvalue weighted by atomic mass is 10.4. The second kappa shape index (κ2) is 7.72. The van der Waals surface area contributed by atoms with Gasteiger partial charge in [0, 0.05) is 0 Å². The van der Waals surface area contributed by atoms with Crippen LogP contribution in [0.4, 0.5) is 0 Å². The highest BCUT2D eigenvalue weighted by atomic mass is 28.2. The fraction of sp³-hybridized carbons (Fsp3) is 0.500. The van der Waals surface area contributed by atoms with Crippen LogP contribution >= 0.6 is 0 Å². The summed E-state index contributed by atoms with van der Waals surface area (Å²) >= 11 is 0. The summed E-state index contributed by atoms with van der Waals surface area (Å²) in [6.45, 7) is 8.03. The molecule has 0 heterocycles. The first-order valence-corrected chi connectivity index (χ1v) is 5.49. The average molecular weight is 171 g/mol. The van der Waals surface area contributed by atoms with E-state index >= 15 is 0 Å². The molecule has 0 fully saturated rings. The van der Waals surface area contributed by atoms with Crippen LogP contribution in [0, 0.1) is 0 Å². The molecule has 0 spiro atoms. The van der Waals surface area contributed by atoms with Gasteiger partial charge in [-0.25, -0.2) is 0 Å². The summed E-state index contributed by atoms with van der Waals surface area (Å²) in [5, 5.41) is 0. The Morgan fingerprint density at radius 2 is 2.09 bits per heavy atom. The molecule has 0 aliphatic rings. The highest BCUT2D eigenvalue weighted by Crippen LogP contribution is 1.95. The van der Waals surface area contributed by atoms with Gasteiger partial charge >= 0.3 is 0 Å². The van der Waals surface area contributed by atoms with Crippen LogP contribution in [0.15, 0.2) is 25.3 Å². The standard InChI is InChI=1S/C8H17NOSi/c1-3-8(4-2)10-11-7-5-6-9/h3-4,8H,1-2,5-7,9,11H2. The van der Waals surface area contributed by atoms with Gasteiger partial charge in [-0.05, 0) is 19.0 Å². The largest absolute Gasteiger partial charge is 0.414 e. The average Bonchev–Trinajstić information content (AvgIpc) is 2.05. The fourth-order valence-electron chi connectivity index (χ4n) is 0.698. The van der Waals surface area contributed by atoms with Crippen molar-refractivity contribution in [2.75, 3.05) is 6.54 Å². The lowest BCUT2D eigenvalue weighted by Crippen LogP contribution is -2.10. The number of hydrogen-bond donors (Lipinski definition) is 1. The van der Waals surface area contributed by atoms with Gasteiger partial charge in [-0.15, -0.1) is 13.2 Å². The molecular weight excluding hydrogens is 154 g/mol. The Bertz CT molecular complexity index is 109. The van der Waals surface area contributed by atoms with E-state index in [1.165, 1.54) is 0 Å². The topological polar surface area (TPSA) is 35.2 Å². The molecule has 0 saturated carbocycles. The summed E-state index contributed by atoms with van der Waals surface area (Å²) < 4.78 is 5.49. The first-order chi connectivity index (χ1) is 5.35. The quantitative estimate of drug-likeness (QED) is 0.346. The van der Waals surface area contributed by atoms with Crippen LogP contribution in [0.3, 0.4) is 0 Å². The van der Waals surface area contributed by atoms with E-state index in [0.29, 0.717) is 0 Å². The zero-order valence-corrected chi connectivity index (χ0v) is 8.37. The predicted molar refractivity (Wildman–Crippen MR) is 52.3 cm³/mol. The number of rotatable bonds is 7. The molecule has 0 aliphatic heterocycles. The minimum atomic E-state index is -0.392. The Morgan fingerprint density at radius 3 is 2.55 bits per heavy atom. The summed E-state index contributed by atoms with van der Waals surface area (Å²) in [7, 11) is -0.392. The maximum absolute atomic E-state index is 5.49. The van der Waals surface area contributed by atoms with E-state index < -0.39 is 9.76 Å². The van der Waals surface area contributed by atoms with E-state index in [1.54, 1.807) is 12.2 Å². The van der Waals surface area contributed by atoms with Crippen LogP contribution in [-0.4, -0.2) is 22.4 Å². The summed E-state index contributed by atoms with van der Waals surface area (Å²) in [5.41, 5.74) is 5.34. The predicted octanol–water partition coefficient (Wildman–Crippen LogP) is 0.595. The highest BCUT2D eigenvalue weighted by molar-refractivity contribution is 6.27. The Hall–Kier alpha value is -0.383. The van der Waals surface area contributed by atoms with E-state index in [4.69, 9.17) is 10.2 Å². The first kappa shape index (κ1) is 10.6. The van der Waals surface area contributed by atoms with Crippen molar-refractivity contribution < 1.29 is 4.43 Å². The SMILES string of the molecule is C=CC(C=C)O[SiH2]CCCN. The second-order valence-corrected chi connectivity index (χ2v) is 3.75. The molecule has 0 saturated heterocycles. The van der Waals surface area contributed by atoms with Gasteiger partial charge in [0.25, 0.3) is 0 Å². The zero-order valence-electron chi connectivity index (χ0n) is 6.96. The first-order valence-electron chi connectivity index (χ1n) is 3.92. The Labute approximate surface area is 71.1 Å². The molecule has 64 valence electrons. The molecule has 3 heteroatoms. The van der Waals surface area contributed by atoms with Crippen LogP contribution < -0.4 is 5.73 Å². The smallest absolute Gasteiger partial charge is 0.162 e. The van der Waals surface area contributed by atoms with Crippen molar-refractivity contribution in [3.8, 4) is 0 Å². The van der Waals surface area contributed by atoms with Crippen LogP contribution in [0.2, 0.25) is 6.04 Å². The molecule has 2 N–H and O–H groups in total. The summed E-state index contributed by atoms with van der Waals surface area (Å²) in [6.07, 6.45) is 4.66. The summed E-state index contributed by atoms with van der Waals surface area (Å²) in [5.74, 6) is 0. The van der Waals surface area contributed by atoms with Gasteiger partial charge in [0.1, 0.15) is 0 Å². The Balaban J connectivity index is 3.21. The van der Waals surface area contributed by atoms with Crippen molar-refractivity contribution >= 4 is 9.76 Å². The molecule has 0 radical (unpaired) electrons. The Kier molecular flexibility index (Phi) is 7.45. The molecule has 0 rings (SSSR count). The van der Waals surface area contributed by atoms with Gasteiger partial charge in [0.2, 0.25) is 0 Å². The summed E-state index contributed by atoms with van der Waals surface area (Å²) in [6, 6.07) is 1.15. The third kappa shape index (κ3) is 6.03. The molecule has 0 atom stereocenters. The van der Waals surface area contributed by atoms with Gasteiger partial charge in [-0.2, -0.15) is 0 Å². The highest BCUT2D eigenvalue weighted by Gasteiger charge is 1.96. The second-order valence-electron chi connectivity index (χ2n) is 2.30. The number of hydrogen-bond acceptors (Lipinski definition) is 2. The normalized spacial score (nSPS) is 11.1. The lowest BCUT2D eigenvalue weighted by molar-refractivity contribution is 0.313. The van der Waals surface area contributed by atoms with E-state index in [-0.39, 0.29) is 6.10 Å². The van der Waals surface area contributed by atoms with Gasteiger partial charge in [0.05, 0.1) is 6.10 Å². The minimum absolute atomic E-state index is 0.0550. The maximum atomic E-state index is 5.49. The molecule has 0 aromatic heterocycles. The van der Waals surface area contributed by atoms with Crippen molar-refractivity contribution in [2.45, 2.75) is 18.6 Å². The van der Waals surface area contributed by atoms with Crippen molar-refractivity contribution in [1.29, 1.82) is 0 Å². The van der Waals surface area contributed by atoms with Crippen molar-refractivity contribution in [3.05, 3.63) is 25.3 Å². The molecule has 0 amide bonds. The molecule has 0 aromatic rings.